The number of carbonyl (C=O) groups excluding carboxylic acids is 1. The molecule has 0 aliphatic rings. The predicted molar refractivity (Wildman–Crippen MR) is 71.9 cm³/mol. The number of aromatic nitrogens is 2. The molecule has 0 aliphatic heterocycles. The summed E-state index contributed by atoms with van der Waals surface area (Å²) in [4.78, 5) is 15.3. The molecule has 0 radical (unpaired) electrons. The molecule has 2 aromatic rings. The summed E-state index contributed by atoms with van der Waals surface area (Å²) in [5.74, 6) is 2.06. The van der Waals surface area contributed by atoms with Gasteiger partial charge in [-0.1, -0.05) is 0 Å². The summed E-state index contributed by atoms with van der Waals surface area (Å²) in [5.41, 5.74) is 2.06. The number of benzene rings is 1. The van der Waals surface area contributed by atoms with Gasteiger partial charge < -0.3 is 14.0 Å². The summed E-state index contributed by atoms with van der Waals surface area (Å²) >= 11 is 0. The lowest BCUT2D eigenvalue weighted by atomic mass is 10.1. The molecule has 0 fully saturated rings. The number of ether oxygens (including phenoxy) is 2. The molecule has 19 heavy (non-hydrogen) atoms. The molecule has 0 aliphatic carbocycles. The van der Waals surface area contributed by atoms with Gasteiger partial charge in [0.2, 0.25) is 0 Å². The van der Waals surface area contributed by atoms with Crippen LogP contribution < -0.4 is 9.47 Å². The standard InChI is InChI=1S/C14H16N2O3/c1-9-15-11(8-17)14(16(9)2)10-5-6-12(18-3)13(7-10)19-4/h5-8H,1-4H3. The minimum absolute atomic E-state index is 0.423. The van der Waals surface area contributed by atoms with E-state index in [1.54, 1.807) is 14.2 Å². The lowest BCUT2D eigenvalue weighted by Gasteiger charge is -2.10. The first-order valence-electron chi connectivity index (χ1n) is 5.83. The Morgan fingerprint density at radius 2 is 1.89 bits per heavy atom. The summed E-state index contributed by atoms with van der Waals surface area (Å²) in [5, 5.41) is 0. The lowest BCUT2D eigenvalue weighted by Crippen LogP contribution is -1.97. The van der Waals surface area contributed by atoms with E-state index in [-0.39, 0.29) is 0 Å². The predicted octanol–water partition coefficient (Wildman–Crippen LogP) is 2.23. The number of methoxy groups -OCH3 is 2. The zero-order valence-electron chi connectivity index (χ0n) is 11.4. The second-order valence-electron chi connectivity index (χ2n) is 4.14. The van der Waals surface area contributed by atoms with Crippen molar-refractivity contribution in [3.05, 3.63) is 29.7 Å². The average molecular weight is 260 g/mol. The molecule has 0 bridgehead atoms. The van der Waals surface area contributed by atoms with Crippen molar-refractivity contribution in [3.63, 3.8) is 0 Å². The van der Waals surface area contributed by atoms with E-state index in [1.165, 1.54) is 0 Å². The quantitative estimate of drug-likeness (QED) is 0.791. The number of aldehydes is 1. The fourth-order valence-electron chi connectivity index (χ4n) is 2.04. The van der Waals surface area contributed by atoms with Gasteiger partial charge in [0.05, 0.1) is 19.9 Å². The normalized spacial score (nSPS) is 10.3. The second kappa shape index (κ2) is 5.14. The van der Waals surface area contributed by atoms with Crippen LogP contribution in [0.5, 0.6) is 11.5 Å². The maximum Gasteiger partial charge on any atom is 0.170 e. The summed E-state index contributed by atoms with van der Waals surface area (Å²) in [6.45, 7) is 1.86. The molecule has 0 unspecified atom stereocenters. The highest BCUT2D eigenvalue weighted by molar-refractivity contribution is 5.84. The van der Waals surface area contributed by atoms with Gasteiger partial charge in [0, 0.05) is 12.6 Å². The minimum Gasteiger partial charge on any atom is -0.493 e. The van der Waals surface area contributed by atoms with E-state index in [9.17, 15) is 4.79 Å². The Labute approximate surface area is 111 Å². The summed E-state index contributed by atoms with van der Waals surface area (Å²) < 4.78 is 12.4. The topological polar surface area (TPSA) is 53.3 Å². The number of hydrogen-bond acceptors (Lipinski definition) is 4. The number of rotatable bonds is 4. The van der Waals surface area contributed by atoms with Crippen molar-refractivity contribution < 1.29 is 14.3 Å². The maximum atomic E-state index is 11.1. The molecular formula is C14H16N2O3. The Balaban J connectivity index is 2.62. The van der Waals surface area contributed by atoms with Crippen LogP contribution in [0.3, 0.4) is 0 Å². The SMILES string of the molecule is COc1ccc(-c2c(C=O)nc(C)n2C)cc1OC. The zero-order valence-corrected chi connectivity index (χ0v) is 11.4. The van der Waals surface area contributed by atoms with E-state index in [0.717, 1.165) is 23.4 Å². The zero-order chi connectivity index (χ0) is 14.0. The molecule has 0 spiro atoms. The van der Waals surface area contributed by atoms with Crippen molar-refractivity contribution in [2.24, 2.45) is 7.05 Å². The number of aryl methyl sites for hydroxylation is 1. The van der Waals surface area contributed by atoms with Crippen molar-refractivity contribution in [3.8, 4) is 22.8 Å². The smallest absolute Gasteiger partial charge is 0.170 e. The Kier molecular flexibility index (Phi) is 3.55. The maximum absolute atomic E-state index is 11.1. The number of imidazole rings is 1. The first kappa shape index (κ1) is 13.1. The number of nitrogens with zero attached hydrogens (tertiary/aromatic N) is 2. The summed E-state index contributed by atoms with van der Waals surface area (Å²) in [6.07, 6.45) is 0.763. The molecule has 0 saturated heterocycles. The van der Waals surface area contributed by atoms with Gasteiger partial charge in [0.1, 0.15) is 11.5 Å². The third kappa shape index (κ3) is 2.19. The Morgan fingerprint density at radius 3 is 2.47 bits per heavy atom. The number of carbonyl (C=O) groups is 1. The van der Waals surface area contributed by atoms with Crippen LogP contribution in [0.4, 0.5) is 0 Å². The van der Waals surface area contributed by atoms with E-state index in [0.29, 0.717) is 17.2 Å². The molecule has 2 rings (SSSR count). The average Bonchev–Trinajstić information content (AvgIpc) is 2.73. The first-order chi connectivity index (χ1) is 9.12. The van der Waals surface area contributed by atoms with Gasteiger partial charge in [0.15, 0.2) is 17.8 Å². The molecule has 0 saturated carbocycles. The third-order valence-corrected chi connectivity index (χ3v) is 3.11. The van der Waals surface area contributed by atoms with Crippen molar-refractivity contribution in [2.75, 3.05) is 14.2 Å². The largest absolute Gasteiger partial charge is 0.493 e. The Hall–Kier alpha value is -2.30. The van der Waals surface area contributed by atoms with Gasteiger partial charge in [-0.05, 0) is 25.1 Å². The van der Waals surface area contributed by atoms with Crippen LogP contribution in [0.1, 0.15) is 16.3 Å². The minimum atomic E-state index is 0.423. The van der Waals surface area contributed by atoms with Crippen molar-refractivity contribution in [1.29, 1.82) is 0 Å². The fourth-order valence-corrected chi connectivity index (χ4v) is 2.04. The fraction of sp³-hybridized carbons (Fsp3) is 0.286. The van der Waals surface area contributed by atoms with Crippen LogP contribution in [0, 0.1) is 6.92 Å². The molecule has 0 N–H and O–H groups in total. The molecule has 1 aromatic heterocycles. The van der Waals surface area contributed by atoms with Crippen LogP contribution in [0.2, 0.25) is 0 Å². The highest BCUT2D eigenvalue weighted by Gasteiger charge is 2.15. The van der Waals surface area contributed by atoms with Crippen LogP contribution >= 0.6 is 0 Å². The first-order valence-corrected chi connectivity index (χ1v) is 5.83. The van der Waals surface area contributed by atoms with Crippen LogP contribution in [-0.2, 0) is 7.05 Å². The van der Waals surface area contributed by atoms with Crippen LogP contribution in [0.15, 0.2) is 18.2 Å². The highest BCUT2D eigenvalue weighted by Crippen LogP contribution is 2.33. The third-order valence-electron chi connectivity index (χ3n) is 3.11. The van der Waals surface area contributed by atoms with E-state index in [4.69, 9.17) is 9.47 Å². The van der Waals surface area contributed by atoms with Crippen LogP contribution in [0.25, 0.3) is 11.3 Å². The van der Waals surface area contributed by atoms with Gasteiger partial charge >= 0.3 is 0 Å². The van der Waals surface area contributed by atoms with Crippen LogP contribution in [-0.4, -0.2) is 30.1 Å². The van der Waals surface area contributed by atoms with Gasteiger partial charge in [-0.15, -0.1) is 0 Å². The second-order valence-corrected chi connectivity index (χ2v) is 4.14. The van der Waals surface area contributed by atoms with Crippen molar-refractivity contribution in [2.45, 2.75) is 6.92 Å². The van der Waals surface area contributed by atoms with Gasteiger partial charge in [0.25, 0.3) is 0 Å². The van der Waals surface area contributed by atoms with Crippen molar-refractivity contribution in [1.82, 2.24) is 9.55 Å². The number of hydrogen-bond donors (Lipinski definition) is 0. The molecular weight excluding hydrogens is 244 g/mol. The van der Waals surface area contributed by atoms with E-state index in [2.05, 4.69) is 4.98 Å². The molecule has 5 nitrogen and oxygen atoms in total. The summed E-state index contributed by atoms with van der Waals surface area (Å²) in [7, 11) is 5.04. The lowest BCUT2D eigenvalue weighted by molar-refractivity contribution is 0.112. The molecule has 100 valence electrons. The van der Waals surface area contributed by atoms with Gasteiger partial charge in [-0.25, -0.2) is 4.98 Å². The van der Waals surface area contributed by atoms with E-state index < -0.39 is 0 Å². The molecule has 5 heteroatoms. The van der Waals surface area contributed by atoms with Crippen molar-refractivity contribution >= 4 is 6.29 Å². The highest BCUT2D eigenvalue weighted by atomic mass is 16.5. The van der Waals surface area contributed by atoms with E-state index >= 15 is 0 Å². The Bertz CT molecular complexity index is 617. The monoisotopic (exact) mass is 260 g/mol. The molecule has 1 heterocycles. The van der Waals surface area contributed by atoms with Gasteiger partial charge in [-0.3, -0.25) is 4.79 Å². The van der Waals surface area contributed by atoms with E-state index in [1.807, 2.05) is 36.7 Å². The Morgan fingerprint density at radius 1 is 1.21 bits per heavy atom. The molecule has 1 aromatic carbocycles. The van der Waals surface area contributed by atoms with Gasteiger partial charge in [-0.2, -0.15) is 0 Å². The molecule has 0 atom stereocenters. The molecule has 0 amide bonds. The summed E-state index contributed by atoms with van der Waals surface area (Å²) in [6, 6.07) is 5.53.